The van der Waals surface area contributed by atoms with Gasteiger partial charge in [-0.2, -0.15) is 5.10 Å². The molecule has 0 unspecified atom stereocenters. The van der Waals surface area contributed by atoms with Gasteiger partial charge in [-0.15, -0.1) is 10.2 Å². The molecular weight excluding hydrogens is 440 g/mol. The van der Waals surface area contributed by atoms with E-state index in [0.29, 0.717) is 16.7 Å². The van der Waals surface area contributed by atoms with Gasteiger partial charge in [0.25, 0.3) is 0 Å². The van der Waals surface area contributed by atoms with E-state index in [4.69, 9.17) is 11.6 Å². The first kappa shape index (κ1) is 21.0. The van der Waals surface area contributed by atoms with E-state index in [0.717, 1.165) is 43.0 Å². The van der Waals surface area contributed by atoms with Crippen LogP contribution in [0.15, 0.2) is 67.3 Å². The van der Waals surface area contributed by atoms with Crippen molar-refractivity contribution in [2.45, 2.75) is 12.8 Å². The summed E-state index contributed by atoms with van der Waals surface area (Å²) >= 11 is 5.95. The number of amides is 1. The van der Waals surface area contributed by atoms with Crippen LogP contribution in [0.25, 0.3) is 17.1 Å². The third-order valence-corrected chi connectivity index (χ3v) is 5.88. The molecule has 1 saturated heterocycles. The highest BCUT2D eigenvalue weighted by Gasteiger charge is 2.26. The second kappa shape index (κ2) is 9.33. The maximum Gasteiger partial charge on any atom is 0.228 e. The number of benzene rings is 1. The minimum absolute atomic E-state index is 0.0380. The highest BCUT2D eigenvalue weighted by molar-refractivity contribution is 6.30. The first-order chi connectivity index (χ1) is 16.2. The van der Waals surface area contributed by atoms with E-state index >= 15 is 0 Å². The number of carbonyl (C=O) groups excluding carboxylic acids is 1. The molecule has 1 fully saturated rings. The minimum Gasteiger partial charge on any atom is -0.355 e. The van der Waals surface area contributed by atoms with E-state index < -0.39 is 0 Å². The third-order valence-electron chi connectivity index (χ3n) is 5.62. The van der Waals surface area contributed by atoms with Crippen molar-refractivity contribution in [2.24, 2.45) is 5.92 Å². The fourth-order valence-corrected chi connectivity index (χ4v) is 3.94. The Labute approximate surface area is 195 Å². The van der Waals surface area contributed by atoms with Gasteiger partial charge in [0.1, 0.15) is 12.1 Å². The molecule has 10 heteroatoms. The second-order valence-electron chi connectivity index (χ2n) is 7.75. The Bertz CT molecular complexity index is 1220. The van der Waals surface area contributed by atoms with E-state index in [9.17, 15) is 4.79 Å². The first-order valence-electron chi connectivity index (χ1n) is 10.6. The van der Waals surface area contributed by atoms with Gasteiger partial charge in [-0.05, 0) is 43.2 Å². The van der Waals surface area contributed by atoms with Gasteiger partial charge in [0, 0.05) is 48.1 Å². The van der Waals surface area contributed by atoms with Gasteiger partial charge in [-0.1, -0.05) is 23.7 Å². The van der Waals surface area contributed by atoms with E-state index in [1.54, 1.807) is 23.1 Å². The average molecular weight is 461 g/mol. The summed E-state index contributed by atoms with van der Waals surface area (Å²) in [4.78, 5) is 23.3. The molecule has 1 amide bonds. The SMILES string of the molecule is O=C(Nc1cc(-n2cccn2)ncn1)C1CCN(c2ccc(-c3ccc(Cl)cc3)nn2)CC1. The molecule has 5 rings (SSSR count). The molecule has 3 aromatic heterocycles. The molecule has 1 aliphatic heterocycles. The van der Waals surface area contributed by atoms with Crippen molar-refractivity contribution in [3.8, 4) is 17.1 Å². The van der Waals surface area contributed by atoms with Crippen molar-refractivity contribution in [3.63, 3.8) is 0 Å². The first-order valence-corrected chi connectivity index (χ1v) is 11.0. The van der Waals surface area contributed by atoms with Gasteiger partial charge >= 0.3 is 0 Å². The van der Waals surface area contributed by atoms with Crippen LogP contribution in [0.3, 0.4) is 0 Å². The topological polar surface area (TPSA) is 102 Å². The van der Waals surface area contributed by atoms with E-state index in [1.165, 1.54) is 6.33 Å². The van der Waals surface area contributed by atoms with Gasteiger partial charge in [0.05, 0.1) is 5.69 Å². The normalized spacial score (nSPS) is 14.3. The maximum atomic E-state index is 12.8. The fourth-order valence-electron chi connectivity index (χ4n) is 3.81. The van der Waals surface area contributed by atoms with Crippen LogP contribution >= 0.6 is 11.6 Å². The Morgan fingerprint density at radius 3 is 2.52 bits per heavy atom. The zero-order chi connectivity index (χ0) is 22.6. The predicted octanol–water partition coefficient (Wildman–Crippen LogP) is 3.63. The van der Waals surface area contributed by atoms with Crippen molar-refractivity contribution in [2.75, 3.05) is 23.3 Å². The highest BCUT2D eigenvalue weighted by atomic mass is 35.5. The smallest absolute Gasteiger partial charge is 0.228 e. The molecule has 0 bridgehead atoms. The average Bonchev–Trinajstić information content (AvgIpc) is 3.40. The van der Waals surface area contributed by atoms with Crippen LogP contribution in [0.2, 0.25) is 5.02 Å². The summed E-state index contributed by atoms with van der Waals surface area (Å²) in [5.41, 5.74) is 1.76. The highest BCUT2D eigenvalue weighted by Crippen LogP contribution is 2.25. The molecule has 33 heavy (non-hydrogen) atoms. The molecule has 0 spiro atoms. The van der Waals surface area contributed by atoms with Gasteiger partial charge in [0.2, 0.25) is 5.91 Å². The lowest BCUT2D eigenvalue weighted by molar-refractivity contribution is -0.120. The summed E-state index contributed by atoms with van der Waals surface area (Å²) in [6.07, 6.45) is 6.33. The van der Waals surface area contributed by atoms with Crippen LogP contribution in [0.4, 0.5) is 11.6 Å². The minimum atomic E-state index is -0.0920. The molecule has 0 saturated carbocycles. The van der Waals surface area contributed by atoms with Gasteiger partial charge in [0.15, 0.2) is 11.6 Å². The molecule has 1 N–H and O–H groups in total. The summed E-state index contributed by atoms with van der Waals surface area (Å²) in [7, 11) is 0. The quantitative estimate of drug-likeness (QED) is 0.485. The van der Waals surface area contributed by atoms with Crippen LogP contribution in [0, 0.1) is 5.92 Å². The molecule has 4 heterocycles. The number of hydrogen-bond donors (Lipinski definition) is 1. The Kier molecular flexibility index (Phi) is 5.95. The van der Waals surface area contributed by atoms with E-state index in [1.807, 2.05) is 42.5 Å². The number of nitrogens with zero attached hydrogens (tertiary/aromatic N) is 7. The van der Waals surface area contributed by atoms with Crippen LogP contribution in [-0.4, -0.2) is 48.9 Å². The number of anilines is 2. The number of halogens is 1. The largest absolute Gasteiger partial charge is 0.355 e. The zero-order valence-corrected chi connectivity index (χ0v) is 18.4. The Hall–Kier alpha value is -3.85. The lowest BCUT2D eigenvalue weighted by Crippen LogP contribution is -2.38. The zero-order valence-electron chi connectivity index (χ0n) is 17.7. The van der Waals surface area contributed by atoms with Crippen molar-refractivity contribution >= 4 is 29.1 Å². The number of carbonyl (C=O) groups is 1. The molecule has 166 valence electrons. The molecule has 1 aromatic carbocycles. The third kappa shape index (κ3) is 4.83. The van der Waals surface area contributed by atoms with Crippen molar-refractivity contribution in [3.05, 3.63) is 72.3 Å². The van der Waals surface area contributed by atoms with Crippen molar-refractivity contribution in [1.29, 1.82) is 0 Å². The fraction of sp³-hybridized carbons (Fsp3) is 0.217. The number of aromatic nitrogens is 6. The molecule has 0 atom stereocenters. The van der Waals surface area contributed by atoms with Crippen LogP contribution in [-0.2, 0) is 4.79 Å². The Morgan fingerprint density at radius 2 is 1.82 bits per heavy atom. The molecule has 0 radical (unpaired) electrons. The van der Waals surface area contributed by atoms with Crippen LogP contribution in [0.1, 0.15) is 12.8 Å². The summed E-state index contributed by atoms with van der Waals surface area (Å²) < 4.78 is 1.62. The van der Waals surface area contributed by atoms with E-state index in [2.05, 4.69) is 35.5 Å². The monoisotopic (exact) mass is 460 g/mol. The van der Waals surface area contributed by atoms with Crippen LogP contribution in [0.5, 0.6) is 0 Å². The summed E-state index contributed by atoms with van der Waals surface area (Å²) in [5.74, 6) is 1.74. The van der Waals surface area contributed by atoms with Crippen LogP contribution < -0.4 is 10.2 Å². The van der Waals surface area contributed by atoms with E-state index in [-0.39, 0.29) is 11.8 Å². The summed E-state index contributed by atoms with van der Waals surface area (Å²) in [5, 5.41) is 16.5. The number of piperidine rings is 1. The summed E-state index contributed by atoms with van der Waals surface area (Å²) in [6.45, 7) is 1.46. The molecule has 0 aliphatic carbocycles. The van der Waals surface area contributed by atoms with Gasteiger partial charge < -0.3 is 10.2 Å². The second-order valence-corrected chi connectivity index (χ2v) is 8.18. The summed E-state index contributed by atoms with van der Waals surface area (Å²) in [6, 6.07) is 15.0. The Morgan fingerprint density at radius 1 is 1.00 bits per heavy atom. The van der Waals surface area contributed by atoms with Crippen molar-refractivity contribution < 1.29 is 4.79 Å². The Balaban J connectivity index is 1.17. The molecular formula is C23H21ClN8O. The van der Waals surface area contributed by atoms with Gasteiger partial charge in [-0.3, -0.25) is 4.79 Å². The number of hydrogen-bond acceptors (Lipinski definition) is 7. The molecule has 9 nitrogen and oxygen atoms in total. The molecule has 1 aliphatic rings. The molecule has 4 aromatic rings. The number of nitrogens with one attached hydrogen (secondary N) is 1. The lowest BCUT2D eigenvalue weighted by Gasteiger charge is -2.31. The standard InChI is InChI=1S/C23H21ClN8O/c24-18-4-2-16(3-5-18)19-6-7-21(30-29-19)31-12-8-17(9-13-31)23(33)28-20-14-22(26-15-25-20)32-11-1-10-27-32/h1-7,10-11,14-15,17H,8-9,12-13H2,(H,25,26,28,33). The predicted molar refractivity (Wildman–Crippen MR) is 125 cm³/mol. The lowest BCUT2D eigenvalue weighted by atomic mass is 9.96. The maximum absolute atomic E-state index is 12.8. The van der Waals surface area contributed by atoms with Gasteiger partial charge in [-0.25, -0.2) is 14.6 Å². The van der Waals surface area contributed by atoms with Crippen molar-refractivity contribution in [1.82, 2.24) is 29.9 Å². The number of rotatable bonds is 5.